The van der Waals surface area contributed by atoms with Crippen LogP contribution in [0.1, 0.15) is 38.8 Å². The van der Waals surface area contributed by atoms with Crippen LogP contribution in [0.5, 0.6) is 5.75 Å². The van der Waals surface area contributed by atoms with E-state index < -0.39 is 11.0 Å². The highest BCUT2D eigenvalue weighted by atomic mass is 16.5. The largest absolute Gasteiger partial charge is 0.492 e. The number of benzene rings is 1. The second-order valence-electron chi connectivity index (χ2n) is 8.69. The molecule has 0 fully saturated rings. The molecule has 4 heterocycles. The van der Waals surface area contributed by atoms with Crippen LogP contribution in [0.25, 0.3) is 22.2 Å². The first kappa shape index (κ1) is 17.2. The molecule has 0 spiro atoms. The molecule has 5 nitrogen and oxygen atoms in total. The minimum atomic E-state index is -0.609. The van der Waals surface area contributed by atoms with E-state index in [9.17, 15) is 4.79 Å². The van der Waals surface area contributed by atoms with Gasteiger partial charge in [-0.25, -0.2) is 9.97 Å². The van der Waals surface area contributed by atoms with E-state index >= 15 is 0 Å². The zero-order chi connectivity index (χ0) is 19.7. The molecule has 0 atom stereocenters. The molecule has 2 aliphatic heterocycles. The number of ether oxygens (including phenoxy) is 1. The third kappa shape index (κ3) is 2.22. The van der Waals surface area contributed by atoms with Crippen LogP contribution in [-0.2, 0) is 16.6 Å². The second kappa shape index (κ2) is 5.53. The van der Waals surface area contributed by atoms with E-state index in [2.05, 4.69) is 21.4 Å². The summed E-state index contributed by atoms with van der Waals surface area (Å²) in [6, 6.07) is 8.08. The monoisotopic (exact) mass is 373 g/mol. The van der Waals surface area contributed by atoms with E-state index in [0.717, 1.165) is 45.5 Å². The molecule has 0 radical (unpaired) electrons. The molecule has 1 aromatic carbocycles. The van der Waals surface area contributed by atoms with Crippen molar-refractivity contribution in [1.82, 2.24) is 9.97 Å². The van der Waals surface area contributed by atoms with Crippen molar-refractivity contribution in [2.45, 2.75) is 45.1 Å². The maximum absolute atomic E-state index is 13.2. The highest BCUT2D eigenvalue weighted by Gasteiger charge is 2.47. The van der Waals surface area contributed by atoms with E-state index in [1.54, 1.807) is 12.4 Å². The van der Waals surface area contributed by atoms with E-state index in [4.69, 9.17) is 4.74 Å². The fourth-order valence-electron chi connectivity index (χ4n) is 4.70. The molecule has 2 aromatic heterocycles. The Kier molecular flexibility index (Phi) is 3.39. The lowest BCUT2D eigenvalue weighted by Crippen LogP contribution is -2.53. The molecule has 0 amide bonds. The van der Waals surface area contributed by atoms with Crippen molar-refractivity contribution in [3.05, 3.63) is 47.8 Å². The van der Waals surface area contributed by atoms with Gasteiger partial charge in [0.1, 0.15) is 5.75 Å². The smallest absolute Gasteiger partial charge is 0.167 e. The Morgan fingerprint density at radius 1 is 1.07 bits per heavy atom. The number of hydrogen-bond donors (Lipinski definition) is 1. The van der Waals surface area contributed by atoms with Gasteiger partial charge in [0.2, 0.25) is 0 Å². The van der Waals surface area contributed by atoms with E-state index in [1.165, 1.54) is 0 Å². The molecule has 1 N–H and O–H groups in total. The van der Waals surface area contributed by atoms with Gasteiger partial charge in [-0.3, -0.25) is 4.79 Å². The maximum atomic E-state index is 13.2. The highest BCUT2D eigenvalue weighted by molar-refractivity contribution is 6.05. The van der Waals surface area contributed by atoms with E-state index in [-0.39, 0.29) is 5.78 Å². The summed E-state index contributed by atoms with van der Waals surface area (Å²) in [5.41, 5.74) is 4.81. The Hall–Kier alpha value is -2.95. The third-order valence-electron chi connectivity index (χ3n) is 6.03. The Labute approximate surface area is 164 Å². The zero-order valence-corrected chi connectivity index (χ0v) is 16.6. The Morgan fingerprint density at radius 2 is 1.86 bits per heavy atom. The number of ketones is 1. The molecule has 5 heteroatoms. The summed E-state index contributed by atoms with van der Waals surface area (Å²) < 4.78 is 6.10. The number of pyridine rings is 2. The highest BCUT2D eigenvalue weighted by Crippen LogP contribution is 2.50. The number of carbonyl (C=O) groups excluding carboxylic acids is 1. The van der Waals surface area contributed by atoms with Crippen molar-refractivity contribution in [2.24, 2.45) is 0 Å². The van der Waals surface area contributed by atoms with Crippen LogP contribution in [-0.4, -0.2) is 27.9 Å². The van der Waals surface area contributed by atoms with Crippen LogP contribution >= 0.6 is 0 Å². The molecular weight excluding hydrogens is 350 g/mol. The zero-order valence-electron chi connectivity index (χ0n) is 16.6. The standard InChI is InChI=1S/C23H23N3O2/c1-22(2)17-12-16(13-7-10-25-20-14(13)6-5-9-24-20)19-15(8-11-28-19)18(17)26-23(3,4)21(22)27/h5-7,9-10,12,26H,8,11H2,1-4H3. The second-order valence-corrected chi connectivity index (χ2v) is 8.69. The van der Waals surface area contributed by atoms with Crippen LogP contribution in [0.2, 0.25) is 0 Å². The topological polar surface area (TPSA) is 64.1 Å². The van der Waals surface area contributed by atoms with Crippen molar-refractivity contribution < 1.29 is 9.53 Å². The molecule has 2 aliphatic rings. The van der Waals surface area contributed by atoms with Crippen LogP contribution in [0.15, 0.2) is 36.7 Å². The van der Waals surface area contributed by atoms with Crippen LogP contribution in [0.4, 0.5) is 5.69 Å². The van der Waals surface area contributed by atoms with Gasteiger partial charge in [0.05, 0.1) is 17.6 Å². The predicted octanol–water partition coefficient (Wildman–Crippen LogP) is 4.28. The first-order valence-electron chi connectivity index (χ1n) is 9.67. The van der Waals surface area contributed by atoms with Gasteiger partial charge in [-0.2, -0.15) is 0 Å². The number of nitrogens with zero attached hydrogens (tertiary/aromatic N) is 2. The van der Waals surface area contributed by atoms with Gasteiger partial charge in [0.25, 0.3) is 0 Å². The number of hydrogen-bond acceptors (Lipinski definition) is 5. The van der Waals surface area contributed by atoms with Gasteiger partial charge in [0.15, 0.2) is 11.4 Å². The molecule has 142 valence electrons. The number of nitrogens with one attached hydrogen (secondary N) is 1. The molecule has 0 saturated carbocycles. The van der Waals surface area contributed by atoms with Gasteiger partial charge in [-0.1, -0.05) is 0 Å². The van der Waals surface area contributed by atoms with Gasteiger partial charge >= 0.3 is 0 Å². The van der Waals surface area contributed by atoms with Gasteiger partial charge in [-0.05, 0) is 63.1 Å². The van der Waals surface area contributed by atoms with Crippen molar-refractivity contribution in [1.29, 1.82) is 0 Å². The Morgan fingerprint density at radius 3 is 2.68 bits per heavy atom. The van der Waals surface area contributed by atoms with Crippen LogP contribution < -0.4 is 10.1 Å². The Balaban J connectivity index is 1.84. The molecule has 0 aliphatic carbocycles. The molecule has 5 rings (SSSR count). The SMILES string of the molecule is CC1(C)Nc2c(cc(-c3ccnc4ncccc34)c3c2CCO3)C(C)(C)C1=O. The quantitative estimate of drug-likeness (QED) is 0.690. The number of aromatic nitrogens is 2. The number of anilines is 1. The van der Waals surface area contributed by atoms with Crippen molar-refractivity contribution >= 4 is 22.5 Å². The van der Waals surface area contributed by atoms with Gasteiger partial charge < -0.3 is 10.1 Å². The summed E-state index contributed by atoms with van der Waals surface area (Å²) in [6.07, 6.45) is 4.36. The van der Waals surface area contributed by atoms with Crippen LogP contribution in [0, 0.1) is 0 Å². The summed E-state index contributed by atoms with van der Waals surface area (Å²) >= 11 is 0. The number of rotatable bonds is 1. The van der Waals surface area contributed by atoms with Gasteiger partial charge in [-0.15, -0.1) is 0 Å². The molecule has 0 unspecified atom stereocenters. The van der Waals surface area contributed by atoms with Crippen molar-refractivity contribution in [2.75, 3.05) is 11.9 Å². The summed E-state index contributed by atoms with van der Waals surface area (Å²) in [4.78, 5) is 22.0. The van der Waals surface area contributed by atoms with Crippen molar-refractivity contribution in [3.8, 4) is 16.9 Å². The third-order valence-corrected chi connectivity index (χ3v) is 6.03. The summed E-state index contributed by atoms with van der Waals surface area (Å²) in [7, 11) is 0. The number of fused-ring (bicyclic) bond motifs is 4. The molecular formula is C23H23N3O2. The van der Waals surface area contributed by atoms with E-state index in [1.807, 2.05) is 45.9 Å². The fraction of sp³-hybridized carbons (Fsp3) is 0.348. The fourth-order valence-corrected chi connectivity index (χ4v) is 4.70. The lowest BCUT2D eigenvalue weighted by atomic mass is 9.68. The molecule has 0 saturated heterocycles. The van der Waals surface area contributed by atoms with Gasteiger partial charge in [0, 0.05) is 41.0 Å². The average molecular weight is 373 g/mol. The minimum absolute atomic E-state index is 0.193. The molecule has 0 bridgehead atoms. The number of carbonyl (C=O) groups is 1. The molecule has 28 heavy (non-hydrogen) atoms. The lowest BCUT2D eigenvalue weighted by molar-refractivity contribution is -0.127. The summed E-state index contributed by atoms with van der Waals surface area (Å²) in [5.74, 6) is 1.10. The summed E-state index contributed by atoms with van der Waals surface area (Å²) in [6.45, 7) is 8.61. The predicted molar refractivity (Wildman–Crippen MR) is 110 cm³/mol. The Bertz CT molecular complexity index is 1140. The first-order chi connectivity index (χ1) is 13.3. The lowest BCUT2D eigenvalue weighted by Gasteiger charge is -2.43. The van der Waals surface area contributed by atoms with E-state index in [0.29, 0.717) is 12.3 Å². The first-order valence-corrected chi connectivity index (χ1v) is 9.67. The summed E-state index contributed by atoms with van der Waals surface area (Å²) in [5, 5.41) is 4.49. The maximum Gasteiger partial charge on any atom is 0.167 e. The normalized spacial score (nSPS) is 18.9. The van der Waals surface area contributed by atoms with Crippen LogP contribution in [0.3, 0.4) is 0 Å². The van der Waals surface area contributed by atoms with Crippen molar-refractivity contribution in [3.63, 3.8) is 0 Å². The minimum Gasteiger partial charge on any atom is -0.492 e. The average Bonchev–Trinajstić information content (AvgIpc) is 3.16. The number of Topliss-reactive ketones (excluding diaryl/α,β-unsaturated/α-hetero) is 1. The molecule has 3 aromatic rings.